The summed E-state index contributed by atoms with van der Waals surface area (Å²) in [6, 6.07) is 18.6. The van der Waals surface area contributed by atoms with Gasteiger partial charge in [-0.25, -0.2) is 4.98 Å². The van der Waals surface area contributed by atoms with E-state index in [0.29, 0.717) is 11.8 Å². The van der Waals surface area contributed by atoms with Crippen molar-refractivity contribution in [2.45, 2.75) is 31.6 Å². The zero-order chi connectivity index (χ0) is 14.8. The minimum absolute atomic E-state index is 0.698. The number of fused-ring (bicyclic) bond motifs is 1. The minimum Gasteiger partial charge on any atom is -0.438 e. The van der Waals surface area contributed by atoms with Crippen LogP contribution in [0.4, 0.5) is 0 Å². The topological polar surface area (TPSA) is 22.1 Å². The van der Waals surface area contributed by atoms with Crippen molar-refractivity contribution in [3.63, 3.8) is 0 Å². The third-order valence-corrected chi connectivity index (χ3v) is 4.54. The summed E-state index contributed by atoms with van der Waals surface area (Å²) in [7, 11) is 0. The second kappa shape index (κ2) is 5.80. The molecule has 1 fully saturated rings. The van der Waals surface area contributed by atoms with Crippen molar-refractivity contribution in [2.24, 2.45) is 0 Å². The van der Waals surface area contributed by atoms with E-state index in [9.17, 15) is 0 Å². The molecule has 0 atom stereocenters. The van der Waals surface area contributed by atoms with Crippen LogP contribution in [0.15, 0.2) is 60.8 Å². The molecule has 2 nitrogen and oxygen atoms in total. The van der Waals surface area contributed by atoms with Gasteiger partial charge in [-0.05, 0) is 54.0 Å². The average Bonchev–Trinajstić information content (AvgIpc) is 3.10. The lowest BCUT2D eigenvalue weighted by molar-refractivity contribution is 0.469. The normalized spacial score (nSPS) is 15.3. The first-order valence-corrected chi connectivity index (χ1v) is 8.02. The summed E-state index contributed by atoms with van der Waals surface area (Å²) in [6.07, 6.45) is 7.13. The molecule has 0 aliphatic heterocycles. The molecule has 1 heterocycles. The molecule has 3 aromatic rings. The first-order valence-electron chi connectivity index (χ1n) is 8.02. The van der Waals surface area contributed by atoms with Gasteiger partial charge in [0, 0.05) is 11.6 Å². The van der Waals surface area contributed by atoms with Gasteiger partial charge in [-0.3, -0.25) is 0 Å². The number of benzene rings is 2. The fraction of sp³-hybridized carbons (Fsp3) is 0.250. The van der Waals surface area contributed by atoms with E-state index in [0.717, 1.165) is 11.1 Å². The van der Waals surface area contributed by atoms with Gasteiger partial charge in [-0.1, -0.05) is 43.2 Å². The van der Waals surface area contributed by atoms with Crippen molar-refractivity contribution >= 4 is 10.8 Å². The van der Waals surface area contributed by atoms with Crippen LogP contribution in [-0.4, -0.2) is 4.98 Å². The molecule has 0 spiro atoms. The summed E-state index contributed by atoms with van der Waals surface area (Å²) < 4.78 is 6.00. The molecular weight excluding hydrogens is 270 g/mol. The monoisotopic (exact) mass is 289 g/mol. The Morgan fingerprint density at radius 1 is 0.909 bits per heavy atom. The number of hydrogen-bond donors (Lipinski definition) is 0. The van der Waals surface area contributed by atoms with Crippen molar-refractivity contribution < 1.29 is 4.74 Å². The largest absolute Gasteiger partial charge is 0.438 e. The Bertz CT molecular complexity index is 776. The maximum atomic E-state index is 6.00. The van der Waals surface area contributed by atoms with E-state index in [2.05, 4.69) is 23.2 Å². The maximum Gasteiger partial charge on any atom is 0.227 e. The first kappa shape index (κ1) is 13.3. The first-order chi connectivity index (χ1) is 10.9. The van der Waals surface area contributed by atoms with Crippen LogP contribution >= 0.6 is 0 Å². The zero-order valence-electron chi connectivity index (χ0n) is 12.5. The lowest BCUT2D eigenvalue weighted by Gasteiger charge is -2.12. The molecule has 1 aliphatic rings. The lowest BCUT2D eigenvalue weighted by Crippen LogP contribution is -1.94. The van der Waals surface area contributed by atoms with Crippen LogP contribution < -0.4 is 4.74 Å². The SMILES string of the molecule is c1ccc(Oc2nccc3ccc(C4CCCC4)cc23)cc1. The number of aromatic nitrogens is 1. The highest BCUT2D eigenvalue weighted by Gasteiger charge is 2.18. The predicted octanol–water partition coefficient (Wildman–Crippen LogP) is 5.68. The molecule has 0 unspecified atom stereocenters. The summed E-state index contributed by atoms with van der Waals surface area (Å²) >= 11 is 0. The molecule has 1 saturated carbocycles. The van der Waals surface area contributed by atoms with Crippen LogP contribution in [0.25, 0.3) is 10.8 Å². The summed E-state index contributed by atoms with van der Waals surface area (Å²) in [5.74, 6) is 2.23. The molecular formula is C20H19NO. The molecule has 0 saturated heterocycles. The molecule has 0 amide bonds. The molecule has 110 valence electrons. The van der Waals surface area contributed by atoms with Crippen LogP contribution in [0.3, 0.4) is 0 Å². The molecule has 0 radical (unpaired) electrons. The molecule has 0 bridgehead atoms. The molecule has 2 heteroatoms. The Kier molecular flexibility index (Phi) is 3.51. The van der Waals surface area contributed by atoms with E-state index in [4.69, 9.17) is 4.74 Å². The van der Waals surface area contributed by atoms with Gasteiger partial charge in [0.25, 0.3) is 0 Å². The molecule has 1 aliphatic carbocycles. The second-order valence-electron chi connectivity index (χ2n) is 5.99. The van der Waals surface area contributed by atoms with Crippen molar-refractivity contribution in [3.8, 4) is 11.6 Å². The van der Waals surface area contributed by atoms with Crippen molar-refractivity contribution in [3.05, 3.63) is 66.4 Å². The summed E-state index contributed by atoms with van der Waals surface area (Å²) in [5.41, 5.74) is 1.43. The fourth-order valence-electron chi connectivity index (χ4n) is 3.35. The summed E-state index contributed by atoms with van der Waals surface area (Å²) in [4.78, 5) is 4.45. The minimum atomic E-state index is 0.698. The Morgan fingerprint density at radius 2 is 1.73 bits per heavy atom. The standard InChI is InChI=1S/C20H19NO/c1-2-8-18(9-3-1)22-20-19-14-17(15-6-4-5-7-15)11-10-16(19)12-13-21-20/h1-3,8-15H,4-7H2. The van der Waals surface area contributed by atoms with Gasteiger partial charge >= 0.3 is 0 Å². The Hall–Kier alpha value is -2.35. The van der Waals surface area contributed by atoms with Gasteiger partial charge in [-0.2, -0.15) is 0 Å². The summed E-state index contributed by atoms with van der Waals surface area (Å²) in [5, 5.41) is 2.29. The van der Waals surface area contributed by atoms with Crippen LogP contribution in [0.2, 0.25) is 0 Å². The van der Waals surface area contributed by atoms with Gasteiger partial charge in [0.15, 0.2) is 0 Å². The molecule has 0 N–H and O–H groups in total. The highest BCUT2D eigenvalue weighted by molar-refractivity contribution is 5.87. The predicted molar refractivity (Wildman–Crippen MR) is 89.5 cm³/mol. The quantitative estimate of drug-likeness (QED) is 0.618. The fourth-order valence-corrected chi connectivity index (χ4v) is 3.35. The van der Waals surface area contributed by atoms with Crippen LogP contribution in [-0.2, 0) is 0 Å². The Balaban J connectivity index is 1.75. The number of rotatable bonds is 3. The van der Waals surface area contributed by atoms with Crippen molar-refractivity contribution in [2.75, 3.05) is 0 Å². The Morgan fingerprint density at radius 3 is 2.55 bits per heavy atom. The average molecular weight is 289 g/mol. The molecule has 22 heavy (non-hydrogen) atoms. The highest BCUT2D eigenvalue weighted by atomic mass is 16.5. The van der Waals surface area contributed by atoms with E-state index in [1.807, 2.05) is 42.6 Å². The third-order valence-electron chi connectivity index (χ3n) is 4.54. The van der Waals surface area contributed by atoms with E-state index >= 15 is 0 Å². The van der Waals surface area contributed by atoms with Crippen LogP contribution in [0.5, 0.6) is 11.6 Å². The number of para-hydroxylation sites is 1. The number of ether oxygens (including phenoxy) is 1. The second-order valence-corrected chi connectivity index (χ2v) is 5.99. The summed E-state index contributed by atoms with van der Waals surface area (Å²) in [6.45, 7) is 0. The Labute approximate surface area is 130 Å². The number of nitrogens with zero attached hydrogens (tertiary/aromatic N) is 1. The van der Waals surface area contributed by atoms with Crippen molar-refractivity contribution in [1.29, 1.82) is 0 Å². The van der Waals surface area contributed by atoms with Crippen LogP contribution in [0.1, 0.15) is 37.2 Å². The van der Waals surface area contributed by atoms with Crippen LogP contribution in [0, 0.1) is 0 Å². The van der Waals surface area contributed by atoms with Gasteiger partial charge in [0.1, 0.15) is 5.75 Å². The van der Waals surface area contributed by atoms with E-state index < -0.39 is 0 Å². The van der Waals surface area contributed by atoms with E-state index in [1.165, 1.54) is 36.6 Å². The number of pyridine rings is 1. The molecule has 2 aromatic carbocycles. The maximum absolute atomic E-state index is 6.00. The zero-order valence-corrected chi connectivity index (χ0v) is 12.5. The van der Waals surface area contributed by atoms with Crippen molar-refractivity contribution in [1.82, 2.24) is 4.98 Å². The van der Waals surface area contributed by atoms with Gasteiger partial charge in [-0.15, -0.1) is 0 Å². The third kappa shape index (κ3) is 2.57. The van der Waals surface area contributed by atoms with Gasteiger partial charge in [0.2, 0.25) is 5.88 Å². The molecule has 4 rings (SSSR count). The molecule has 1 aromatic heterocycles. The number of hydrogen-bond acceptors (Lipinski definition) is 2. The van der Waals surface area contributed by atoms with E-state index in [1.54, 1.807) is 0 Å². The van der Waals surface area contributed by atoms with E-state index in [-0.39, 0.29) is 0 Å². The van der Waals surface area contributed by atoms with Gasteiger partial charge < -0.3 is 4.74 Å². The highest BCUT2D eigenvalue weighted by Crippen LogP contribution is 2.37. The lowest BCUT2D eigenvalue weighted by atomic mass is 9.95. The smallest absolute Gasteiger partial charge is 0.227 e. The van der Waals surface area contributed by atoms with Gasteiger partial charge in [0.05, 0.1) is 0 Å².